The van der Waals surface area contributed by atoms with Crippen LogP contribution in [0.2, 0.25) is 0 Å². The van der Waals surface area contributed by atoms with Crippen LogP contribution in [0.15, 0.2) is 0 Å². The van der Waals surface area contributed by atoms with E-state index in [1.54, 1.807) is 7.11 Å². The normalized spacial score (nSPS) is 27.1. The molecule has 0 aromatic carbocycles. The quantitative estimate of drug-likeness (QED) is 0.748. The highest BCUT2D eigenvalue weighted by molar-refractivity contribution is 5.82. The number of amides is 1. The van der Waals surface area contributed by atoms with Crippen LogP contribution in [0.25, 0.3) is 0 Å². The van der Waals surface area contributed by atoms with Gasteiger partial charge in [-0.05, 0) is 18.8 Å². The third-order valence-corrected chi connectivity index (χ3v) is 3.55. The molecule has 0 aromatic rings. The Kier molecular flexibility index (Phi) is 4.76. The predicted molar refractivity (Wildman–Crippen MR) is 63.8 cm³/mol. The second-order valence-electron chi connectivity index (χ2n) is 4.81. The Hall–Kier alpha value is -0.650. The Balaban J connectivity index is 1.77. The fraction of sp³-hybridized carbons (Fsp3) is 0.917. The van der Waals surface area contributed by atoms with Crippen LogP contribution in [0.5, 0.6) is 0 Å². The van der Waals surface area contributed by atoms with Gasteiger partial charge in [0.2, 0.25) is 5.91 Å². The Labute approximate surface area is 102 Å². The van der Waals surface area contributed by atoms with E-state index >= 15 is 0 Å². The predicted octanol–water partition coefficient (Wildman–Crippen LogP) is -0.140. The zero-order valence-electron chi connectivity index (χ0n) is 10.5. The number of carbonyl (C=O) groups is 1. The van der Waals surface area contributed by atoms with Crippen molar-refractivity contribution in [1.82, 2.24) is 10.2 Å². The summed E-state index contributed by atoms with van der Waals surface area (Å²) in [5, 5.41) is 3.21. The number of carbonyl (C=O) groups excluding carboxylic acids is 1. The van der Waals surface area contributed by atoms with Crippen molar-refractivity contribution >= 4 is 5.91 Å². The molecular formula is C12H22N2O3. The Bertz CT molecular complexity index is 246. The Morgan fingerprint density at radius 2 is 2.24 bits per heavy atom. The van der Waals surface area contributed by atoms with Crippen LogP contribution in [-0.4, -0.2) is 63.4 Å². The van der Waals surface area contributed by atoms with Gasteiger partial charge in [-0.25, -0.2) is 0 Å². The number of hydrogen-bond donors (Lipinski definition) is 1. The van der Waals surface area contributed by atoms with Crippen LogP contribution in [0.4, 0.5) is 0 Å². The topological polar surface area (TPSA) is 50.8 Å². The van der Waals surface area contributed by atoms with E-state index < -0.39 is 0 Å². The molecule has 0 bridgehead atoms. The summed E-state index contributed by atoms with van der Waals surface area (Å²) in [6.45, 7) is 4.51. The molecule has 1 unspecified atom stereocenters. The van der Waals surface area contributed by atoms with Crippen LogP contribution < -0.4 is 5.32 Å². The third kappa shape index (κ3) is 3.40. The number of piperidine rings is 1. The van der Waals surface area contributed by atoms with E-state index in [9.17, 15) is 4.79 Å². The summed E-state index contributed by atoms with van der Waals surface area (Å²) in [5.41, 5.74) is 0. The van der Waals surface area contributed by atoms with Gasteiger partial charge < -0.3 is 19.7 Å². The van der Waals surface area contributed by atoms with E-state index in [2.05, 4.69) is 5.32 Å². The van der Waals surface area contributed by atoms with Gasteiger partial charge in [0.1, 0.15) is 6.04 Å². The second-order valence-corrected chi connectivity index (χ2v) is 4.81. The van der Waals surface area contributed by atoms with Gasteiger partial charge in [-0.2, -0.15) is 0 Å². The van der Waals surface area contributed by atoms with Crippen LogP contribution in [0.1, 0.15) is 12.8 Å². The third-order valence-electron chi connectivity index (χ3n) is 3.55. The lowest BCUT2D eigenvalue weighted by atomic mass is 9.97. The number of morpholine rings is 1. The summed E-state index contributed by atoms with van der Waals surface area (Å²) in [7, 11) is 1.74. The number of nitrogens with one attached hydrogen (secondary N) is 1. The van der Waals surface area contributed by atoms with Crippen LogP contribution in [0, 0.1) is 5.92 Å². The molecule has 1 amide bonds. The molecule has 1 atom stereocenters. The summed E-state index contributed by atoms with van der Waals surface area (Å²) in [6, 6.07) is -0.136. The van der Waals surface area contributed by atoms with Gasteiger partial charge in [0, 0.05) is 33.4 Å². The molecular weight excluding hydrogens is 220 g/mol. The highest BCUT2D eigenvalue weighted by atomic mass is 16.5. The minimum Gasteiger partial charge on any atom is -0.384 e. The molecule has 2 aliphatic heterocycles. The monoisotopic (exact) mass is 242 g/mol. The van der Waals surface area contributed by atoms with Crippen molar-refractivity contribution in [3.05, 3.63) is 0 Å². The molecule has 98 valence electrons. The van der Waals surface area contributed by atoms with E-state index in [0.717, 1.165) is 39.1 Å². The van der Waals surface area contributed by atoms with E-state index in [0.29, 0.717) is 19.1 Å². The van der Waals surface area contributed by atoms with Crippen molar-refractivity contribution in [1.29, 1.82) is 0 Å². The molecule has 0 spiro atoms. The van der Waals surface area contributed by atoms with Crippen molar-refractivity contribution in [2.24, 2.45) is 5.92 Å². The van der Waals surface area contributed by atoms with Gasteiger partial charge in [0.15, 0.2) is 0 Å². The SMILES string of the molecule is COCC1CCN(C(=O)C2COCCN2)CC1. The maximum atomic E-state index is 12.2. The molecule has 1 N–H and O–H groups in total. The molecule has 5 nitrogen and oxygen atoms in total. The van der Waals surface area contributed by atoms with Gasteiger partial charge in [-0.3, -0.25) is 4.79 Å². The molecule has 2 rings (SSSR count). The first-order valence-electron chi connectivity index (χ1n) is 6.40. The fourth-order valence-corrected chi connectivity index (χ4v) is 2.50. The summed E-state index contributed by atoms with van der Waals surface area (Å²) in [4.78, 5) is 14.1. The lowest BCUT2D eigenvalue weighted by Crippen LogP contribution is -2.54. The highest BCUT2D eigenvalue weighted by Gasteiger charge is 2.29. The zero-order valence-corrected chi connectivity index (χ0v) is 10.5. The summed E-state index contributed by atoms with van der Waals surface area (Å²) in [5.74, 6) is 0.806. The molecule has 5 heteroatoms. The second kappa shape index (κ2) is 6.33. The lowest BCUT2D eigenvalue weighted by molar-refractivity contribution is -0.138. The number of likely N-dealkylation sites (tertiary alicyclic amines) is 1. The molecule has 0 aromatic heterocycles. The number of nitrogens with zero attached hydrogens (tertiary/aromatic N) is 1. The van der Waals surface area contributed by atoms with Gasteiger partial charge in [0.05, 0.1) is 13.2 Å². The first-order chi connectivity index (χ1) is 8.31. The number of ether oxygens (including phenoxy) is 2. The van der Waals surface area contributed by atoms with Gasteiger partial charge in [-0.15, -0.1) is 0 Å². The summed E-state index contributed by atoms with van der Waals surface area (Å²) in [6.07, 6.45) is 2.10. The first kappa shape index (κ1) is 12.8. The van der Waals surface area contributed by atoms with Gasteiger partial charge in [0.25, 0.3) is 0 Å². The van der Waals surface area contributed by atoms with Crippen molar-refractivity contribution in [2.45, 2.75) is 18.9 Å². The van der Waals surface area contributed by atoms with Crippen molar-refractivity contribution < 1.29 is 14.3 Å². The molecule has 2 aliphatic rings. The highest BCUT2D eigenvalue weighted by Crippen LogP contribution is 2.18. The molecule has 0 radical (unpaired) electrons. The average Bonchev–Trinajstić information content (AvgIpc) is 2.40. The molecule has 0 aliphatic carbocycles. The van der Waals surface area contributed by atoms with Crippen LogP contribution >= 0.6 is 0 Å². The van der Waals surface area contributed by atoms with E-state index in [-0.39, 0.29) is 11.9 Å². The zero-order chi connectivity index (χ0) is 12.1. The Morgan fingerprint density at radius 1 is 1.47 bits per heavy atom. The van der Waals surface area contributed by atoms with Gasteiger partial charge in [-0.1, -0.05) is 0 Å². The lowest BCUT2D eigenvalue weighted by Gasteiger charge is -2.35. The maximum Gasteiger partial charge on any atom is 0.242 e. The summed E-state index contributed by atoms with van der Waals surface area (Å²) >= 11 is 0. The van der Waals surface area contributed by atoms with Crippen LogP contribution in [0.3, 0.4) is 0 Å². The van der Waals surface area contributed by atoms with Gasteiger partial charge >= 0.3 is 0 Å². The standard InChI is InChI=1S/C12H22N2O3/c1-16-8-10-2-5-14(6-3-10)12(15)11-9-17-7-4-13-11/h10-11,13H,2-9H2,1H3. The minimum absolute atomic E-state index is 0.136. The smallest absolute Gasteiger partial charge is 0.242 e. The fourth-order valence-electron chi connectivity index (χ4n) is 2.50. The van der Waals surface area contributed by atoms with Crippen molar-refractivity contribution in [3.8, 4) is 0 Å². The van der Waals surface area contributed by atoms with E-state index in [1.165, 1.54) is 0 Å². The molecule has 2 heterocycles. The van der Waals surface area contributed by atoms with Crippen molar-refractivity contribution in [3.63, 3.8) is 0 Å². The number of methoxy groups -OCH3 is 1. The average molecular weight is 242 g/mol. The van der Waals surface area contributed by atoms with E-state index in [1.807, 2.05) is 4.90 Å². The largest absolute Gasteiger partial charge is 0.384 e. The van der Waals surface area contributed by atoms with Crippen LogP contribution in [-0.2, 0) is 14.3 Å². The minimum atomic E-state index is -0.136. The van der Waals surface area contributed by atoms with Crippen molar-refractivity contribution in [2.75, 3.05) is 46.6 Å². The molecule has 0 saturated carbocycles. The number of rotatable bonds is 3. The summed E-state index contributed by atoms with van der Waals surface area (Å²) < 4.78 is 10.5. The first-order valence-corrected chi connectivity index (χ1v) is 6.40. The molecule has 2 fully saturated rings. The Morgan fingerprint density at radius 3 is 2.82 bits per heavy atom. The number of hydrogen-bond acceptors (Lipinski definition) is 4. The van der Waals surface area contributed by atoms with E-state index in [4.69, 9.17) is 9.47 Å². The molecule has 17 heavy (non-hydrogen) atoms. The maximum absolute atomic E-state index is 12.2. The molecule has 2 saturated heterocycles.